The van der Waals surface area contributed by atoms with Gasteiger partial charge in [-0.1, -0.05) is 42.1 Å². The summed E-state index contributed by atoms with van der Waals surface area (Å²) >= 11 is 1.41. The maximum Gasteiger partial charge on any atom is 0.237 e. The number of carbonyl (C=O) groups excluding carboxylic acids is 1. The van der Waals surface area contributed by atoms with Gasteiger partial charge in [-0.05, 0) is 37.1 Å². The van der Waals surface area contributed by atoms with Gasteiger partial charge in [-0.15, -0.1) is 0 Å². The van der Waals surface area contributed by atoms with E-state index < -0.39 is 0 Å². The Morgan fingerprint density at radius 3 is 2.89 bits per heavy atom. The van der Waals surface area contributed by atoms with Crippen LogP contribution in [0.1, 0.15) is 11.4 Å². The van der Waals surface area contributed by atoms with Crippen molar-refractivity contribution in [1.82, 2.24) is 9.97 Å². The van der Waals surface area contributed by atoms with Crippen LogP contribution in [-0.4, -0.2) is 28.2 Å². The predicted octanol–water partition coefficient (Wildman–Crippen LogP) is 4.37. The minimum Gasteiger partial charge on any atom is -0.451 e. The fourth-order valence-corrected chi connectivity index (χ4v) is 4.46. The highest BCUT2D eigenvalue weighted by Gasteiger charge is 2.25. The first-order chi connectivity index (χ1) is 13.2. The third-order valence-corrected chi connectivity index (χ3v) is 5.76. The van der Waals surface area contributed by atoms with Gasteiger partial charge in [0.1, 0.15) is 22.0 Å². The number of hydrogen-bond donors (Lipinski definition) is 0. The molecule has 3 heterocycles. The van der Waals surface area contributed by atoms with E-state index in [0.717, 1.165) is 40.2 Å². The molecule has 0 saturated carbocycles. The number of thioether (sulfide) groups is 1. The zero-order valence-electron chi connectivity index (χ0n) is 14.8. The van der Waals surface area contributed by atoms with E-state index in [1.807, 2.05) is 54.3 Å². The molecule has 0 spiro atoms. The van der Waals surface area contributed by atoms with Gasteiger partial charge in [0.2, 0.25) is 5.91 Å². The van der Waals surface area contributed by atoms with Gasteiger partial charge < -0.3 is 9.32 Å². The van der Waals surface area contributed by atoms with Crippen molar-refractivity contribution < 1.29 is 9.21 Å². The zero-order valence-corrected chi connectivity index (χ0v) is 15.6. The number of fused-ring (bicyclic) bond motifs is 4. The Morgan fingerprint density at radius 1 is 1.15 bits per heavy atom. The molecule has 0 radical (unpaired) electrons. The summed E-state index contributed by atoms with van der Waals surface area (Å²) in [5.74, 6) is 1.08. The Kier molecular flexibility index (Phi) is 3.86. The molecule has 134 valence electrons. The molecule has 2 aromatic heterocycles. The van der Waals surface area contributed by atoms with Gasteiger partial charge >= 0.3 is 0 Å². The van der Waals surface area contributed by atoms with Crippen molar-refractivity contribution in [1.29, 1.82) is 0 Å². The molecule has 5 rings (SSSR count). The molecule has 2 aromatic carbocycles. The molecule has 6 heteroatoms. The number of hydrogen-bond acceptors (Lipinski definition) is 5. The van der Waals surface area contributed by atoms with Crippen LogP contribution in [0.3, 0.4) is 0 Å². The number of amides is 1. The van der Waals surface area contributed by atoms with Crippen LogP contribution in [0.15, 0.2) is 58.0 Å². The van der Waals surface area contributed by atoms with E-state index in [1.165, 1.54) is 17.3 Å². The number of rotatable bonds is 3. The maximum atomic E-state index is 12.8. The standard InChI is InChI=1S/C21H17N3O2S/c1-13-22-19-15-7-3-5-9-17(15)26-20(19)21(23-13)27-12-18(25)24-11-10-14-6-2-4-8-16(14)24/h2-9H,10-12H2,1H3. The molecule has 27 heavy (non-hydrogen) atoms. The summed E-state index contributed by atoms with van der Waals surface area (Å²) in [7, 11) is 0. The molecule has 1 aliphatic rings. The van der Waals surface area contributed by atoms with Gasteiger partial charge in [0.05, 0.1) is 5.75 Å². The van der Waals surface area contributed by atoms with Crippen LogP contribution in [0.25, 0.3) is 22.1 Å². The Labute approximate surface area is 160 Å². The first-order valence-electron chi connectivity index (χ1n) is 8.87. The number of nitrogens with zero attached hydrogens (tertiary/aromatic N) is 3. The maximum absolute atomic E-state index is 12.8. The number of carbonyl (C=O) groups is 1. The summed E-state index contributed by atoms with van der Waals surface area (Å²) in [6, 6.07) is 15.9. The lowest BCUT2D eigenvalue weighted by Crippen LogP contribution is -2.30. The fourth-order valence-electron chi connectivity index (χ4n) is 3.58. The molecule has 0 bridgehead atoms. The molecule has 0 N–H and O–H groups in total. The normalized spacial score (nSPS) is 13.4. The lowest BCUT2D eigenvalue weighted by Gasteiger charge is -2.16. The molecule has 0 saturated heterocycles. The molecular weight excluding hydrogens is 358 g/mol. The minimum atomic E-state index is 0.0884. The Morgan fingerprint density at radius 2 is 1.96 bits per heavy atom. The van der Waals surface area contributed by atoms with Crippen LogP contribution in [0.2, 0.25) is 0 Å². The third-order valence-electron chi connectivity index (χ3n) is 4.82. The summed E-state index contributed by atoms with van der Waals surface area (Å²) in [6.45, 7) is 2.60. The van der Waals surface area contributed by atoms with Crippen LogP contribution in [-0.2, 0) is 11.2 Å². The molecule has 0 aliphatic carbocycles. The SMILES string of the molecule is Cc1nc(SCC(=O)N2CCc3ccccc32)c2oc3ccccc3c2n1. The van der Waals surface area contributed by atoms with Crippen LogP contribution in [0.5, 0.6) is 0 Å². The Bertz CT molecular complexity index is 1180. The second-order valence-electron chi connectivity index (χ2n) is 6.56. The van der Waals surface area contributed by atoms with Crippen molar-refractivity contribution in [2.45, 2.75) is 18.4 Å². The van der Waals surface area contributed by atoms with Crippen LogP contribution in [0, 0.1) is 6.92 Å². The Balaban J connectivity index is 1.44. The van der Waals surface area contributed by atoms with Crippen molar-refractivity contribution in [3.05, 3.63) is 59.9 Å². The molecule has 0 fully saturated rings. The number of anilines is 1. The summed E-state index contributed by atoms with van der Waals surface area (Å²) in [5, 5.41) is 1.69. The largest absolute Gasteiger partial charge is 0.451 e. The molecule has 1 amide bonds. The van der Waals surface area contributed by atoms with E-state index in [0.29, 0.717) is 17.2 Å². The van der Waals surface area contributed by atoms with Gasteiger partial charge in [0, 0.05) is 17.6 Å². The number of furan rings is 1. The van der Waals surface area contributed by atoms with Crippen molar-refractivity contribution in [3.63, 3.8) is 0 Å². The average Bonchev–Trinajstić information content (AvgIpc) is 3.27. The predicted molar refractivity (Wildman–Crippen MR) is 107 cm³/mol. The average molecular weight is 375 g/mol. The molecule has 1 aliphatic heterocycles. The van der Waals surface area contributed by atoms with Crippen LogP contribution < -0.4 is 4.90 Å². The highest BCUT2D eigenvalue weighted by molar-refractivity contribution is 8.00. The molecule has 4 aromatic rings. The van der Waals surface area contributed by atoms with Gasteiger partial charge in [-0.25, -0.2) is 9.97 Å². The van der Waals surface area contributed by atoms with Gasteiger partial charge in [-0.2, -0.15) is 0 Å². The summed E-state index contributed by atoms with van der Waals surface area (Å²) in [4.78, 5) is 23.7. The number of aryl methyl sites for hydroxylation is 1. The van der Waals surface area contributed by atoms with Crippen molar-refractivity contribution >= 4 is 45.4 Å². The molecule has 5 nitrogen and oxygen atoms in total. The highest BCUT2D eigenvalue weighted by atomic mass is 32.2. The quantitative estimate of drug-likeness (QED) is 0.393. The topological polar surface area (TPSA) is 59.2 Å². The zero-order chi connectivity index (χ0) is 18.4. The summed E-state index contributed by atoms with van der Waals surface area (Å²) < 4.78 is 5.98. The highest BCUT2D eigenvalue weighted by Crippen LogP contribution is 2.34. The number of para-hydroxylation sites is 2. The molecular formula is C21H17N3O2S. The van der Waals surface area contributed by atoms with E-state index >= 15 is 0 Å². The smallest absolute Gasteiger partial charge is 0.237 e. The molecule has 0 atom stereocenters. The van der Waals surface area contributed by atoms with E-state index in [1.54, 1.807) is 0 Å². The monoisotopic (exact) mass is 375 g/mol. The van der Waals surface area contributed by atoms with Crippen molar-refractivity contribution in [2.24, 2.45) is 0 Å². The van der Waals surface area contributed by atoms with Crippen molar-refractivity contribution in [3.8, 4) is 0 Å². The van der Waals surface area contributed by atoms with E-state index in [4.69, 9.17) is 4.42 Å². The van der Waals surface area contributed by atoms with Gasteiger partial charge in [-0.3, -0.25) is 4.79 Å². The lowest BCUT2D eigenvalue weighted by molar-refractivity contribution is -0.116. The third kappa shape index (κ3) is 2.77. The van der Waals surface area contributed by atoms with Gasteiger partial charge in [0.25, 0.3) is 0 Å². The number of benzene rings is 2. The second-order valence-corrected chi connectivity index (χ2v) is 7.53. The van der Waals surface area contributed by atoms with E-state index in [-0.39, 0.29) is 5.91 Å². The first kappa shape index (κ1) is 16.3. The molecule has 0 unspecified atom stereocenters. The van der Waals surface area contributed by atoms with Gasteiger partial charge in [0.15, 0.2) is 5.58 Å². The Hall–Kier alpha value is -2.86. The first-order valence-corrected chi connectivity index (χ1v) is 9.86. The van der Waals surface area contributed by atoms with Crippen molar-refractivity contribution in [2.75, 3.05) is 17.2 Å². The van der Waals surface area contributed by atoms with E-state index in [2.05, 4.69) is 16.0 Å². The second kappa shape index (κ2) is 6.39. The fraction of sp³-hybridized carbons (Fsp3) is 0.190. The van der Waals surface area contributed by atoms with Crippen LogP contribution >= 0.6 is 11.8 Å². The van der Waals surface area contributed by atoms with E-state index in [9.17, 15) is 4.79 Å². The van der Waals surface area contributed by atoms with Crippen LogP contribution in [0.4, 0.5) is 5.69 Å². The summed E-state index contributed by atoms with van der Waals surface area (Å²) in [5.41, 5.74) is 4.50. The number of aromatic nitrogens is 2. The minimum absolute atomic E-state index is 0.0884. The lowest BCUT2D eigenvalue weighted by atomic mass is 10.2. The summed E-state index contributed by atoms with van der Waals surface area (Å²) in [6.07, 6.45) is 0.910.